The highest BCUT2D eigenvalue weighted by Gasteiger charge is 2.22. The third kappa shape index (κ3) is 2.65. The van der Waals surface area contributed by atoms with Crippen molar-refractivity contribution in [3.63, 3.8) is 0 Å². The summed E-state index contributed by atoms with van der Waals surface area (Å²) >= 11 is 2.02. The number of hydrogen-bond donors (Lipinski definition) is 1. The molecule has 2 rings (SSSR count). The van der Waals surface area contributed by atoms with Gasteiger partial charge in [0.15, 0.2) is 0 Å². The van der Waals surface area contributed by atoms with Gasteiger partial charge in [-0.3, -0.25) is 0 Å². The summed E-state index contributed by atoms with van der Waals surface area (Å²) in [6.07, 6.45) is 1.57. The lowest BCUT2D eigenvalue weighted by molar-refractivity contribution is 0.746. The van der Waals surface area contributed by atoms with Crippen LogP contribution in [0.25, 0.3) is 0 Å². The van der Waals surface area contributed by atoms with Crippen LogP contribution < -0.4 is 10.6 Å². The minimum absolute atomic E-state index is 0.357. The minimum Gasteiger partial charge on any atom is -0.383 e. The third-order valence-corrected chi connectivity index (χ3v) is 4.15. The molecule has 1 fully saturated rings. The Morgan fingerprint density at radius 2 is 2.24 bits per heavy atom. The Balaban J connectivity index is 2.34. The average Bonchev–Trinajstić information content (AvgIpc) is 2.28. The lowest BCUT2D eigenvalue weighted by atomic mass is 10.0. The van der Waals surface area contributed by atoms with Gasteiger partial charge in [0.05, 0.1) is 0 Å². The lowest BCUT2D eigenvalue weighted by Gasteiger charge is -2.33. The molecule has 1 aromatic heterocycles. The zero-order valence-corrected chi connectivity index (χ0v) is 11.5. The second-order valence-corrected chi connectivity index (χ2v) is 6.32. The number of nitrogens with two attached hydrogens (primary N) is 1. The first-order valence-corrected chi connectivity index (χ1v) is 7.11. The summed E-state index contributed by atoms with van der Waals surface area (Å²) in [5.74, 6) is 3.16. The standard InChI is InChI=1S/C12H20N4S/c1-8(2)10-11(13)14-7-15-12(10)16-4-5-17-9(3)6-16/h7-9H,4-6H2,1-3H3,(H2,13,14,15). The highest BCUT2D eigenvalue weighted by Crippen LogP contribution is 2.31. The molecule has 17 heavy (non-hydrogen) atoms. The van der Waals surface area contributed by atoms with Gasteiger partial charge in [-0.15, -0.1) is 0 Å². The van der Waals surface area contributed by atoms with Gasteiger partial charge in [-0.25, -0.2) is 9.97 Å². The number of aromatic nitrogens is 2. The van der Waals surface area contributed by atoms with E-state index in [0.717, 1.165) is 30.2 Å². The smallest absolute Gasteiger partial charge is 0.137 e. The highest BCUT2D eigenvalue weighted by molar-refractivity contribution is 8.00. The van der Waals surface area contributed by atoms with E-state index in [-0.39, 0.29) is 0 Å². The molecule has 0 bridgehead atoms. The molecule has 4 nitrogen and oxygen atoms in total. The maximum Gasteiger partial charge on any atom is 0.137 e. The van der Waals surface area contributed by atoms with Gasteiger partial charge >= 0.3 is 0 Å². The Bertz CT molecular complexity index is 394. The summed E-state index contributed by atoms with van der Waals surface area (Å²) in [5, 5.41) is 0.653. The SMILES string of the molecule is CC1CN(c2ncnc(N)c2C(C)C)CCS1. The first kappa shape index (κ1) is 12.5. The topological polar surface area (TPSA) is 55.0 Å². The minimum atomic E-state index is 0.357. The molecular formula is C12H20N4S. The summed E-state index contributed by atoms with van der Waals surface area (Å²) in [6.45, 7) is 8.63. The quantitative estimate of drug-likeness (QED) is 0.874. The van der Waals surface area contributed by atoms with Crippen molar-refractivity contribution in [2.75, 3.05) is 29.5 Å². The largest absolute Gasteiger partial charge is 0.383 e. The molecule has 5 heteroatoms. The predicted molar refractivity (Wildman–Crippen MR) is 74.7 cm³/mol. The molecule has 1 atom stereocenters. The van der Waals surface area contributed by atoms with E-state index >= 15 is 0 Å². The van der Waals surface area contributed by atoms with Crippen LogP contribution in [-0.2, 0) is 0 Å². The third-order valence-electron chi connectivity index (χ3n) is 3.01. The maximum atomic E-state index is 5.98. The Morgan fingerprint density at radius 1 is 1.47 bits per heavy atom. The van der Waals surface area contributed by atoms with E-state index in [1.807, 2.05) is 11.8 Å². The van der Waals surface area contributed by atoms with Crippen molar-refractivity contribution in [3.05, 3.63) is 11.9 Å². The van der Waals surface area contributed by atoms with Crippen molar-refractivity contribution < 1.29 is 0 Å². The molecule has 1 aliphatic heterocycles. The molecule has 0 spiro atoms. The van der Waals surface area contributed by atoms with Crippen molar-refractivity contribution in [2.45, 2.75) is 31.9 Å². The summed E-state index contributed by atoms with van der Waals surface area (Å²) in [4.78, 5) is 10.9. The molecule has 94 valence electrons. The van der Waals surface area contributed by atoms with Crippen LogP contribution in [0.3, 0.4) is 0 Å². The molecule has 2 N–H and O–H groups in total. The molecule has 0 radical (unpaired) electrons. The number of anilines is 2. The van der Waals surface area contributed by atoms with E-state index in [0.29, 0.717) is 17.0 Å². The predicted octanol–water partition coefficient (Wildman–Crippen LogP) is 2.12. The van der Waals surface area contributed by atoms with Crippen LogP contribution in [0.5, 0.6) is 0 Å². The Kier molecular flexibility index (Phi) is 3.76. The van der Waals surface area contributed by atoms with Crippen molar-refractivity contribution in [3.8, 4) is 0 Å². The van der Waals surface area contributed by atoms with E-state index in [1.54, 1.807) is 6.33 Å². The summed E-state index contributed by atoms with van der Waals surface area (Å²) in [7, 11) is 0. The van der Waals surface area contributed by atoms with Crippen molar-refractivity contribution in [1.29, 1.82) is 0 Å². The summed E-state index contributed by atoms with van der Waals surface area (Å²) in [5.41, 5.74) is 7.07. The molecule has 1 aromatic rings. The fraction of sp³-hybridized carbons (Fsp3) is 0.667. The monoisotopic (exact) mass is 252 g/mol. The zero-order chi connectivity index (χ0) is 12.4. The highest BCUT2D eigenvalue weighted by atomic mass is 32.2. The lowest BCUT2D eigenvalue weighted by Crippen LogP contribution is -2.38. The Labute approximate surface area is 107 Å². The molecule has 0 amide bonds. The number of hydrogen-bond acceptors (Lipinski definition) is 5. The van der Waals surface area contributed by atoms with Crippen LogP contribution in [0, 0.1) is 0 Å². The molecular weight excluding hydrogens is 232 g/mol. The first-order valence-electron chi connectivity index (χ1n) is 6.06. The van der Waals surface area contributed by atoms with Crippen LogP contribution in [-0.4, -0.2) is 34.1 Å². The normalized spacial score (nSPS) is 20.9. The molecule has 1 saturated heterocycles. The fourth-order valence-corrected chi connectivity index (χ4v) is 3.23. The van der Waals surface area contributed by atoms with Crippen molar-refractivity contribution >= 4 is 23.4 Å². The number of nitrogens with zero attached hydrogens (tertiary/aromatic N) is 3. The number of thioether (sulfide) groups is 1. The van der Waals surface area contributed by atoms with E-state index < -0.39 is 0 Å². The van der Waals surface area contributed by atoms with Crippen LogP contribution in [0.2, 0.25) is 0 Å². The molecule has 1 aliphatic rings. The molecule has 0 aromatic carbocycles. The number of rotatable bonds is 2. The van der Waals surface area contributed by atoms with Gasteiger partial charge in [-0.2, -0.15) is 11.8 Å². The summed E-state index contributed by atoms with van der Waals surface area (Å²) in [6, 6.07) is 0. The first-order chi connectivity index (χ1) is 8.09. The van der Waals surface area contributed by atoms with Crippen LogP contribution in [0.1, 0.15) is 32.3 Å². The van der Waals surface area contributed by atoms with Gasteiger partial charge in [-0.05, 0) is 5.92 Å². The van der Waals surface area contributed by atoms with Gasteiger partial charge in [0, 0.05) is 29.7 Å². The van der Waals surface area contributed by atoms with Gasteiger partial charge in [0.25, 0.3) is 0 Å². The zero-order valence-electron chi connectivity index (χ0n) is 10.7. The van der Waals surface area contributed by atoms with Crippen LogP contribution in [0.15, 0.2) is 6.33 Å². The molecule has 1 unspecified atom stereocenters. The fourth-order valence-electron chi connectivity index (χ4n) is 2.22. The van der Waals surface area contributed by atoms with Gasteiger partial charge < -0.3 is 10.6 Å². The average molecular weight is 252 g/mol. The summed E-state index contributed by atoms with van der Waals surface area (Å²) < 4.78 is 0. The van der Waals surface area contributed by atoms with Crippen molar-refractivity contribution in [1.82, 2.24) is 9.97 Å². The maximum absolute atomic E-state index is 5.98. The van der Waals surface area contributed by atoms with Gasteiger partial charge in [-0.1, -0.05) is 20.8 Å². The molecule has 2 heterocycles. The Morgan fingerprint density at radius 3 is 2.88 bits per heavy atom. The van der Waals surface area contributed by atoms with Crippen LogP contribution >= 0.6 is 11.8 Å². The van der Waals surface area contributed by atoms with E-state index in [9.17, 15) is 0 Å². The van der Waals surface area contributed by atoms with Crippen molar-refractivity contribution in [2.24, 2.45) is 0 Å². The van der Waals surface area contributed by atoms with Gasteiger partial charge in [0.2, 0.25) is 0 Å². The Hall–Kier alpha value is -0.970. The van der Waals surface area contributed by atoms with E-state index in [1.165, 1.54) is 0 Å². The molecule has 0 saturated carbocycles. The van der Waals surface area contributed by atoms with Crippen LogP contribution in [0.4, 0.5) is 11.6 Å². The second-order valence-electron chi connectivity index (χ2n) is 4.78. The second kappa shape index (κ2) is 5.12. The van der Waals surface area contributed by atoms with Gasteiger partial charge in [0.1, 0.15) is 18.0 Å². The number of nitrogen functional groups attached to an aromatic ring is 1. The molecule has 0 aliphatic carbocycles. The van der Waals surface area contributed by atoms with E-state index in [2.05, 4.69) is 35.6 Å². The van der Waals surface area contributed by atoms with E-state index in [4.69, 9.17) is 5.73 Å².